The summed E-state index contributed by atoms with van der Waals surface area (Å²) >= 11 is 6.29. The Morgan fingerprint density at radius 3 is 2.71 bits per heavy atom. The van der Waals surface area contributed by atoms with Gasteiger partial charge in [-0.05, 0) is 36.8 Å². The zero-order valence-corrected chi connectivity index (χ0v) is 16.2. The van der Waals surface area contributed by atoms with E-state index in [0.717, 1.165) is 0 Å². The van der Waals surface area contributed by atoms with Crippen LogP contribution in [0.2, 0.25) is 5.02 Å². The molecule has 0 fully saturated rings. The summed E-state index contributed by atoms with van der Waals surface area (Å²) in [6, 6.07) is 10.9. The maximum Gasteiger partial charge on any atom is 0.265 e. The van der Waals surface area contributed by atoms with Crippen LogP contribution in [0, 0.1) is 5.82 Å². The van der Waals surface area contributed by atoms with Crippen LogP contribution >= 0.6 is 11.6 Å². The van der Waals surface area contributed by atoms with Crippen molar-refractivity contribution in [1.29, 1.82) is 0 Å². The van der Waals surface area contributed by atoms with Gasteiger partial charge in [-0.1, -0.05) is 42.7 Å². The molecule has 28 heavy (non-hydrogen) atoms. The molecule has 0 aliphatic carbocycles. The fraction of sp³-hybridized carbons (Fsp3) is 0.250. The van der Waals surface area contributed by atoms with Gasteiger partial charge < -0.3 is 14.6 Å². The van der Waals surface area contributed by atoms with Crippen molar-refractivity contribution in [2.24, 2.45) is 0 Å². The van der Waals surface area contributed by atoms with Crippen LogP contribution in [0.3, 0.4) is 0 Å². The third kappa shape index (κ3) is 4.48. The number of para-hydroxylation sites is 1. The molecule has 0 unspecified atom stereocenters. The number of aryl methyl sites for hydroxylation is 1. The van der Waals surface area contributed by atoms with E-state index in [0.29, 0.717) is 40.8 Å². The van der Waals surface area contributed by atoms with Crippen LogP contribution in [0.25, 0.3) is 11.5 Å². The van der Waals surface area contributed by atoms with E-state index in [9.17, 15) is 9.18 Å². The predicted molar refractivity (Wildman–Crippen MR) is 104 cm³/mol. The summed E-state index contributed by atoms with van der Waals surface area (Å²) in [4.78, 5) is 16.8. The molecule has 0 aliphatic heterocycles. The number of aromatic nitrogens is 2. The van der Waals surface area contributed by atoms with Crippen LogP contribution in [-0.2, 0) is 11.2 Å². The molecular weight excluding hydrogens is 385 g/mol. The van der Waals surface area contributed by atoms with Gasteiger partial charge >= 0.3 is 0 Å². The van der Waals surface area contributed by atoms with Gasteiger partial charge in [0.1, 0.15) is 0 Å². The first-order valence-corrected chi connectivity index (χ1v) is 9.24. The molecule has 0 saturated carbocycles. The van der Waals surface area contributed by atoms with Gasteiger partial charge in [0.25, 0.3) is 11.8 Å². The summed E-state index contributed by atoms with van der Waals surface area (Å²) in [6.07, 6.45) is 0.152. The first-order chi connectivity index (χ1) is 13.5. The van der Waals surface area contributed by atoms with Crippen LogP contribution in [-0.4, -0.2) is 22.2 Å². The Bertz CT molecular complexity index is 977. The van der Waals surface area contributed by atoms with E-state index in [1.54, 1.807) is 37.3 Å². The van der Waals surface area contributed by atoms with E-state index in [1.807, 2.05) is 6.92 Å². The van der Waals surface area contributed by atoms with Crippen molar-refractivity contribution in [1.82, 2.24) is 10.1 Å². The Hall–Kier alpha value is -2.93. The number of rotatable bonds is 7. The fourth-order valence-corrected chi connectivity index (χ4v) is 2.72. The van der Waals surface area contributed by atoms with Crippen LogP contribution in [0.1, 0.15) is 26.1 Å². The average molecular weight is 404 g/mol. The van der Waals surface area contributed by atoms with Gasteiger partial charge in [-0.3, -0.25) is 4.79 Å². The molecule has 0 saturated heterocycles. The lowest BCUT2D eigenvalue weighted by atomic mass is 10.2. The molecule has 1 atom stereocenters. The first kappa shape index (κ1) is 19.8. The third-order valence-corrected chi connectivity index (χ3v) is 4.34. The van der Waals surface area contributed by atoms with Crippen LogP contribution in [0.15, 0.2) is 47.0 Å². The topological polar surface area (TPSA) is 77.2 Å². The van der Waals surface area contributed by atoms with Gasteiger partial charge in [0.2, 0.25) is 0 Å². The zero-order chi connectivity index (χ0) is 20.1. The minimum atomic E-state index is -0.865. The molecule has 0 bridgehead atoms. The number of nitrogens with one attached hydrogen (secondary N) is 1. The van der Waals surface area contributed by atoms with Gasteiger partial charge in [-0.2, -0.15) is 4.98 Å². The highest BCUT2D eigenvalue weighted by atomic mass is 35.5. The van der Waals surface area contributed by atoms with E-state index in [1.165, 1.54) is 12.1 Å². The fourth-order valence-electron chi connectivity index (χ4n) is 2.49. The monoisotopic (exact) mass is 403 g/mol. The number of halogens is 2. The normalized spacial score (nSPS) is 11.9. The highest BCUT2D eigenvalue weighted by Gasteiger charge is 2.21. The SMILES string of the molecule is CCc1noc(-c2ccc(NC(=O)[C@H](CC)Oc3ccccc3F)c(Cl)c2)n1. The molecule has 146 valence electrons. The second kappa shape index (κ2) is 8.84. The summed E-state index contributed by atoms with van der Waals surface area (Å²) in [5.74, 6) is 0.0215. The number of anilines is 1. The molecule has 6 nitrogen and oxygen atoms in total. The minimum Gasteiger partial charge on any atom is -0.478 e. The summed E-state index contributed by atoms with van der Waals surface area (Å²) in [7, 11) is 0. The molecule has 0 radical (unpaired) electrons. The van der Waals surface area contributed by atoms with Crippen LogP contribution in [0.4, 0.5) is 10.1 Å². The lowest BCUT2D eigenvalue weighted by Crippen LogP contribution is -2.32. The summed E-state index contributed by atoms with van der Waals surface area (Å²) < 4.78 is 24.5. The van der Waals surface area contributed by atoms with Crippen molar-refractivity contribution >= 4 is 23.2 Å². The van der Waals surface area contributed by atoms with Crippen molar-refractivity contribution in [3.8, 4) is 17.2 Å². The van der Waals surface area contributed by atoms with Gasteiger partial charge in [0.05, 0.1) is 10.7 Å². The Kier molecular flexibility index (Phi) is 6.26. The molecule has 1 heterocycles. The predicted octanol–water partition coefficient (Wildman–Crippen LogP) is 4.89. The van der Waals surface area contributed by atoms with Crippen molar-refractivity contribution in [2.45, 2.75) is 32.8 Å². The van der Waals surface area contributed by atoms with E-state index in [-0.39, 0.29) is 5.75 Å². The van der Waals surface area contributed by atoms with Crippen molar-refractivity contribution < 1.29 is 18.4 Å². The molecule has 1 N–H and O–H groups in total. The number of nitrogens with zero attached hydrogens (tertiary/aromatic N) is 2. The van der Waals surface area contributed by atoms with Gasteiger partial charge in [0.15, 0.2) is 23.5 Å². The molecular formula is C20H19ClFN3O3. The summed E-state index contributed by atoms with van der Waals surface area (Å²) in [5, 5.41) is 6.87. The molecule has 8 heteroatoms. The lowest BCUT2D eigenvalue weighted by molar-refractivity contribution is -0.122. The Balaban J connectivity index is 1.73. The maximum atomic E-state index is 13.8. The number of carbonyl (C=O) groups excluding carboxylic acids is 1. The standard InChI is InChI=1S/C20H19ClFN3O3/c1-3-16(27-17-8-6-5-7-14(17)22)19(26)23-15-10-9-12(11-13(15)21)20-24-18(4-2)25-28-20/h5-11,16H,3-4H2,1-2H3,(H,23,26)/t16-/m0/s1. The number of ether oxygens (including phenoxy) is 1. The molecule has 3 rings (SSSR count). The quantitative estimate of drug-likeness (QED) is 0.607. The number of carbonyl (C=O) groups is 1. The average Bonchev–Trinajstić information content (AvgIpc) is 3.18. The van der Waals surface area contributed by atoms with Crippen LogP contribution in [0.5, 0.6) is 5.75 Å². The molecule has 1 aromatic heterocycles. The number of benzene rings is 2. The molecule has 3 aromatic rings. The van der Waals surface area contributed by atoms with Gasteiger partial charge in [-0.15, -0.1) is 0 Å². The second-order valence-electron chi connectivity index (χ2n) is 6.00. The first-order valence-electron chi connectivity index (χ1n) is 8.86. The highest BCUT2D eigenvalue weighted by molar-refractivity contribution is 6.34. The van der Waals surface area contributed by atoms with Gasteiger partial charge in [0, 0.05) is 12.0 Å². The molecule has 2 aromatic carbocycles. The molecule has 0 spiro atoms. The maximum absolute atomic E-state index is 13.8. The number of amides is 1. The van der Waals surface area contributed by atoms with Crippen molar-refractivity contribution in [3.05, 3.63) is 59.1 Å². The lowest BCUT2D eigenvalue weighted by Gasteiger charge is -2.18. The van der Waals surface area contributed by atoms with E-state index in [2.05, 4.69) is 15.5 Å². The second-order valence-corrected chi connectivity index (χ2v) is 6.41. The zero-order valence-electron chi connectivity index (χ0n) is 15.4. The van der Waals surface area contributed by atoms with Crippen LogP contribution < -0.4 is 10.1 Å². The summed E-state index contributed by atoms with van der Waals surface area (Å²) in [5.41, 5.74) is 1.05. The Labute approximate surface area is 166 Å². The van der Waals surface area contributed by atoms with Crippen molar-refractivity contribution in [2.75, 3.05) is 5.32 Å². The van der Waals surface area contributed by atoms with Crippen molar-refractivity contribution in [3.63, 3.8) is 0 Å². The Morgan fingerprint density at radius 2 is 2.07 bits per heavy atom. The largest absolute Gasteiger partial charge is 0.478 e. The van der Waals surface area contributed by atoms with E-state index < -0.39 is 17.8 Å². The van der Waals surface area contributed by atoms with E-state index >= 15 is 0 Å². The highest BCUT2D eigenvalue weighted by Crippen LogP contribution is 2.28. The number of hydrogen-bond acceptors (Lipinski definition) is 5. The number of hydrogen-bond donors (Lipinski definition) is 1. The Morgan fingerprint density at radius 1 is 1.29 bits per heavy atom. The molecule has 1 amide bonds. The smallest absolute Gasteiger partial charge is 0.265 e. The summed E-state index contributed by atoms with van der Waals surface area (Å²) in [6.45, 7) is 3.70. The third-order valence-electron chi connectivity index (χ3n) is 4.03. The van der Waals surface area contributed by atoms with Gasteiger partial charge in [-0.25, -0.2) is 4.39 Å². The minimum absolute atomic E-state index is 0.0223. The molecule has 0 aliphatic rings. The van der Waals surface area contributed by atoms with E-state index in [4.69, 9.17) is 20.9 Å².